The molecular weight excluding hydrogens is 276 g/mol. The molecule has 3 N–H and O–H groups in total. The second kappa shape index (κ2) is 5.35. The van der Waals surface area contributed by atoms with Crippen LogP contribution in [0.5, 0.6) is 0 Å². The van der Waals surface area contributed by atoms with E-state index in [1.165, 1.54) is 18.4 Å². The molecule has 2 rings (SSSR count). The molecule has 1 atom stereocenters. The number of benzene rings is 1. The largest absolute Gasteiger partial charge is 0.341 e. The standard InChI is InChI=1S/C13H18N4O2S/c1-9(14)13-15-8-12(16-13)10-4-6-11(7-5-10)20(18,19)17(2)3/h4-9H,14H2,1-3H3,(H,15,16). The van der Waals surface area contributed by atoms with Gasteiger partial charge in [-0.1, -0.05) is 12.1 Å². The molecule has 7 heteroatoms. The van der Waals surface area contributed by atoms with E-state index in [0.717, 1.165) is 11.3 Å². The van der Waals surface area contributed by atoms with Crippen LogP contribution in [0.3, 0.4) is 0 Å². The summed E-state index contributed by atoms with van der Waals surface area (Å²) in [5, 5.41) is 0. The van der Waals surface area contributed by atoms with Gasteiger partial charge in [-0.15, -0.1) is 0 Å². The lowest BCUT2D eigenvalue weighted by Gasteiger charge is -2.11. The predicted molar refractivity (Wildman–Crippen MR) is 77.5 cm³/mol. The Kier molecular flexibility index (Phi) is 3.94. The van der Waals surface area contributed by atoms with Gasteiger partial charge in [-0.25, -0.2) is 17.7 Å². The molecule has 1 aromatic heterocycles. The molecule has 1 unspecified atom stereocenters. The molecule has 20 heavy (non-hydrogen) atoms. The predicted octanol–water partition coefficient (Wildman–Crippen LogP) is 1.35. The summed E-state index contributed by atoms with van der Waals surface area (Å²) in [6.45, 7) is 1.84. The van der Waals surface area contributed by atoms with Crippen molar-refractivity contribution in [3.8, 4) is 11.3 Å². The maximum atomic E-state index is 12.0. The van der Waals surface area contributed by atoms with E-state index in [1.807, 2.05) is 6.92 Å². The smallest absolute Gasteiger partial charge is 0.242 e. The van der Waals surface area contributed by atoms with E-state index in [0.29, 0.717) is 5.82 Å². The molecule has 0 aliphatic heterocycles. The Morgan fingerprint density at radius 2 is 1.85 bits per heavy atom. The van der Waals surface area contributed by atoms with Crippen molar-refractivity contribution in [3.63, 3.8) is 0 Å². The Bertz CT molecular complexity index is 687. The summed E-state index contributed by atoms with van der Waals surface area (Å²) in [4.78, 5) is 7.56. The highest BCUT2D eigenvalue weighted by atomic mass is 32.2. The third-order valence-electron chi connectivity index (χ3n) is 2.97. The van der Waals surface area contributed by atoms with Crippen molar-refractivity contribution in [1.29, 1.82) is 0 Å². The maximum absolute atomic E-state index is 12.0. The van der Waals surface area contributed by atoms with Crippen LogP contribution in [0.1, 0.15) is 18.8 Å². The highest BCUT2D eigenvalue weighted by Gasteiger charge is 2.17. The van der Waals surface area contributed by atoms with Crippen molar-refractivity contribution in [2.45, 2.75) is 17.9 Å². The number of nitrogens with zero attached hydrogens (tertiary/aromatic N) is 2. The van der Waals surface area contributed by atoms with E-state index in [2.05, 4.69) is 9.97 Å². The Hall–Kier alpha value is -1.70. The Balaban J connectivity index is 2.33. The number of imidazole rings is 1. The summed E-state index contributed by atoms with van der Waals surface area (Å²) < 4.78 is 25.1. The van der Waals surface area contributed by atoms with Gasteiger partial charge in [0.1, 0.15) is 5.82 Å². The van der Waals surface area contributed by atoms with Crippen molar-refractivity contribution in [2.75, 3.05) is 14.1 Å². The molecule has 0 saturated carbocycles. The van der Waals surface area contributed by atoms with Gasteiger partial charge in [-0.2, -0.15) is 0 Å². The van der Waals surface area contributed by atoms with Gasteiger partial charge in [0.2, 0.25) is 10.0 Å². The third-order valence-corrected chi connectivity index (χ3v) is 4.80. The van der Waals surface area contributed by atoms with Gasteiger partial charge in [0, 0.05) is 14.1 Å². The first-order valence-corrected chi connectivity index (χ1v) is 7.60. The molecule has 2 aromatic rings. The first-order valence-electron chi connectivity index (χ1n) is 6.16. The number of hydrogen-bond acceptors (Lipinski definition) is 4. The molecule has 108 valence electrons. The summed E-state index contributed by atoms with van der Waals surface area (Å²) in [6, 6.07) is 6.48. The van der Waals surface area contributed by atoms with Gasteiger partial charge >= 0.3 is 0 Å². The summed E-state index contributed by atoms with van der Waals surface area (Å²) in [5.41, 5.74) is 7.42. The fourth-order valence-corrected chi connectivity index (χ4v) is 2.63. The second-order valence-electron chi connectivity index (χ2n) is 4.78. The molecule has 6 nitrogen and oxygen atoms in total. The molecule has 1 heterocycles. The maximum Gasteiger partial charge on any atom is 0.242 e. The van der Waals surface area contributed by atoms with Gasteiger partial charge in [0.15, 0.2) is 0 Å². The fraction of sp³-hybridized carbons (Fsp3) is 0.308. The van der Waals surface area contributed by atoms with Gasteiger partial charge in [-0.05, 0) is 24.6 Å². The highest BCUT2D eigenvalue weighted by Crippen LogP contribution is 2.21. The minimum atomic E-state index is -3.40. The number of nitrogens with one attached hydrogen (secondary N) is 1. The minimum absolute atomic E-state index is 0.169. The first kappa shape index (κ1) is 14.7. The van der Waals surface area contributed by atoms with Crippen molar-refractivity contribution in [3.05, 3.63) is 36.3 Å². The lowest BCUT2D eigenvalue weighted by atomic mass is 10.2. The van der Waals surface area contributed by atoms with Gasteiger partial charge in [0.05, 0.1) is 22.8 Å². The topological polar surface area (TPSA) is 92.1 Å². The monoisotopic (exact) mass is 294 g/mol. The molecule has 0 fully saturated rings. The molecule has 1 aromatic carbocycles. The van der Waals surface area contributed by atoms with Crippen molar-refractivity contribution >= 4 is 10.0 Å². The molecule has 0 amide bonds. The van der Waals surface area contributed by atoms with Gasteiger partial charge < -0.3 is 10.7 Å². The van der Waals surface area contributed by atoms with Gasteiger partial charge in [0.25, 0.3) is 0 Å². The number of aromatic nitrogens is 2. The van der Waals surface area contributed by atoms with Crippen LogP contribution in [0, 0.1) is 0 Å². The summed E-state index contributed by atoms with van der Waals surface area (Å²) in [7, 11) is -0.383. The minimum Gasteiger partial charge on any atom is -0.341 e. The van der Waals surface area contributed by atoms with E-state index < -0.39 is 10.0 Å². The number of nitrogens with two attached hydrogens (primary N) is 1. The van der Waals surface area contributed by atoms with Gasteiger partial charge in [-0.3, -0.25) is 0 Å². The zero-order chi connectivity index (χ0) is 14.9. The molecule has 0 spiro atoms. The fourth-order valence-electron chi connectivity index (χ4n) is 1.73. The molecular formula is C13H18N4O2S. The lowest BCUT2D eigenvalue weighted by Crippen LogP contribution is -2.22. The van der Waals surface area contributed by atoms with E-state index in [4.69, 9.17) is 5.73 Å². The number of aromatic amines is 1. The SMILES string of the molecule is CC(N)c1ncc(-c2ccc(S(=O)(=O)N(C)C)cc2)[nH]1. The summed E-state index contributed by atoms with van der Waals surface area (Å²) >= 11 is 0. The molecule has 0 saturated heterocycles. The van der Waals surface area contributed by atoms with E-state index in [1.54, 1.807) is 30.5 Å². The van der Waals surface area contributed by atoms with Crippen LogP contribution in [0.25, 0.3) is 11.3 Å². The van der Waals surface area contributed by atoms with Crippen LogP contribution in [0.2, 0.25) is 0 Å². The number of sulfonamides is 1. The molecule has 0 aliphatic carbocycles. The van der Waals surface area contributed by atoms with Crippen molar-refractivity contribution in [2.24, 2.45) is 5.73 Å². The van der Waals surface area contributed by atoms with Crippen LogP contribution in [-0.2, 0) is 10.0 Å². The van der Waals surface area contributed by atoms with E-state index in [9.17, 15) is 8.42 Å². The molecule has 0 bridgehead atoms. The normalized spacial score (nSPS) is 13.7. The highest BCUT2D eigenvalue weighted by molar-refractivity contribution is 7.89. The number of rotatable bonds is 4. The number of H-pyrrole nitrogens is 1. The second-order valence-corrected chi connectivity index (χ2v) is 6.93. The van der Waals surface area contributed by atoms with Crippen LogP contribution in [-0.4, -0.2) is 36.8 Å². The quantitative estimate of drug-likeness (QED) is 0.890. The molecule has 0 radical (unpaired) electrons. The summed E-state index contributed by atoms with van der Waals surface area (Å²) in [5.74, 6) is 0.699. The lowest BCUT2D eigenvalue weighted by molar-refractivity contribution is 0.521. The van der Waals surface area contributed by atoms with Crippen molar-refractivity contribution < 1.29 is 8.42 Å². The Morgan fingerprint density at radius 3 is 2.30 bits per heavy atom. The zero-order valence-corrected chi connectivity index (χ0v) is 12.5. The van der Waals surface area contributed by atoms with Crippen LogP contribution >= 0.6 is 0 Å². The third kappa shape index (κ3) is 2.74. The average molecular weight is 294 g/mol. The zero-order valence-electron chi connectivity index (χ0n) is 11.7. The first-order chi connectivity index (χ1) is 9.32. The van der Waals surface area contributed by atoms with Crippen molar-refractivity contribution in [1.82, 2.24) is 14.3 Å². The number of hydrogen-bond donors (Lipinski definition) is 2. The summed E-state index contributed by atoms with van der Waals surface area (Å²) in [6.07, 6.45) is 1.69. The van der Waals surface area contributed by atoms with E-state index >= 15 is 0 Å². The molecule has 0 aliphatic rings. The van der Waals surface area contributed by atoms with Crippen LogP contribution < -0.4 is 5.73 Å². The van der Waals surface area contributed by atoms with Crippen LogP contribution in [0.4, 0.5) is 0 Å². The van der Waals surface area contributed by atoms with E-state index in [-0.39, 0.29) is 10.9 Å². The Morgan fingerprint density at radius 1 is 1.25 bits per heavy atom. The van der Waals surface area contributed by atoms with Crippen LogP contribution in [0.15, 0.2) is 35.4 Å². The average Bonchev–Trinajstić information content (AvgIpc) is 2.88. The Labute approximate surface area is 118 Å².